The zero-order valence-corrected chi connectivity index (χ0v) is 16.7. The molecule has 0 radical (unpaired) electrons. The molecule has 1 aromatic heterocycles. The maximum atomic E-state index is 12.8. The molecular weight excluding hydrogens is 395 g/mol. The maximum Gasteiger partial charge on any atom is 0.416 e. The molecule has 1 aliphatic rings. The molecule has 1 saturated heterocycles. The van der Waals surface area contributed by atoms with E-state index in [9.17, 15) is 22.8 Å². The van der Waals surface area contributed by atoms with Crippen LogP contribution >= 0.6 is 0 Å². The number of likely N-dealkylation sites (tertiary alicyclic amines) is 1. The highest BCUT2D eigenvalue weighted by atomic mass is 19.4. The van der Waals surface area contributed by atoms with Crippen LogP contribution in [0.1, 0.15) is 34.3 Å². The highest BCUT2D eigenvalue weighted by Crippen LogP contribution is 2.30. The Kier molecular flexibility index (Phi) is 6.87. The molecule has 1 amide bonds. The van der Waals surface area contributed by atoms with E-state index in [1.165, 1.54) is 12.1 Å². The number of carbonyl (C=O) groups excluding carboxylic acids is 2. The van der Waals surface area contributed by atoms with Crippen molar-refractivity contribution in [1.29, 1.82) is 0 Å². The van der Waals surface area contributed by atoms with Gasteiger partial charge in [-0.15, -0.1) is 0 Å². The van der Waals surface area contributed by atoms with E-state index in [0.717, 1.165) is 17.7 Å². The van der Waals surface area contributed by atoms with Gasteiger partial charge in [0.1, 0.15) is 0 Å². The normalized spacial score (nSPS) is 17.2. The predicted octanol–water partition coefficient (Wildman–Crippen LogP) is 3.65. The number of aromatic nitrogens is 1. The van der Waals surface area contributed by atoms with E-state index in [4.69, 9.17) is 0 Å². The van der Waals surface area contributed by atoms with Gasteiger partial charge in [-0.05, 0) is 43.7 Å². The summed E-state index contributed by atoms with van der Waals surface area (Å²) in [5.74, 6) is -0.681. The first-order valence-electron chi connectivity index (χ1n) is 9.80. The van der Waals surface area contributed by atoms with Crippen LogP contribution in [0.15, 0.2) is 48.8 Å². The van der Waals surface area contributed by atoms with E-state index in [0.29, 0.717) is 32.5 Å². The minimum atomic E-state index is -4.43. The van der Waals surface area contributed by atoms with Crippen LogP contribution in [0.25, 0.3) is 0 Å². The number of carbonyl (C=O) groups is 2. The average molecular weight is 419 g/mol. The first-order valence-corrected chi connectivity index (χ1v) is 9.80. The van der Waals surface area contributed by atoms with Gasteiger partial charge in [-0.25, -0.2) is 0 Å². The summed E-state index contributed by atoms with van der Waals surface area (Å²) < 4.78 is 38.2. The number of hydrogen-bond acceptors (Lipinski definition) is 4. The molecule has 2 aromatic rings. The zero-order chi connectivity index (χ0) is 21.7. The van der Waals surface area contributed by atoms with Crippen molar-refractivity contribution in [3.8, 4) is 0 Å². The molecule has 2 heterocycles. The monoisotopic (exact) mass is 419 g/mol. The Morgan fingerprint density at radius 3 is 2.57 bits per heavy atom. The fourth-order valence-electron chi connectivity index (χ4n) is 3.67. The fourth-order valence-corrected chi connectivity index (χ4v) is 3.67. The van der Waals surface area contributed by atoms with Crippen molar-refractivity contribution in [1.82, 2.24) is 14.8 Å². The van der Waals surface area contributed by atoms with Gasteiger partial charge in [-0.1, -0.05) is 18.2 Å². The van der Waals surface area contributed by atoms with Gasteiger partial charge in [-0.2, -0.15) is 13.2 Å². The smallest absolute Gasteiger partial charge is 0.341 e. The van der Waals surface area contributed by atoms with Gasteiger partial charge in [0.2, 0.25) is 5.91 Å². The number of hydrogen-bond donors (Lipinski definition) is 0. The molecule has 1 aliphatic heterocycles. The van der Waals surface area contributed by atoms with Gasteiger partial charge >= 0.3 is 6.18 Å². The van der Waals surface area contributed by atoms with Crippen molar-refractivity contribution in [3.63, 3.8) is 0 Å². The summed E-state index contributed by atoms with van der Waals surface area (Å²) in [5, 5.41) is 0. The fraction of sp³-hybridized carbons (Fsp3) is 0.409. The van der Waals surface area contributed by atoms with Crippen LogP contribution in [-0.2, 0) is 17.5 Å². The summed E-state index contributed by atoms with van der Waals surface area (Å²) >= 11 is 0. The number of amides is 1. The molecule has 0 bridgehead atoms. The molecular formula is C22H24F3N3O2. The van der Waals surface area contributed by atoms with Crippen molar-refractivity contribution in [2.24, 2.45) is 5.92 Å². The lowest BCUT2D eigenvalue weighted by molar-refractivity contribution is -0.137. The summed E-state index contributed by atoms with van der Waals surface area (Å²) in [6.45, 7) is 1.67. The Labute approximate surface area is 173 Å². The van der Waals surface area contributed by atoms with Gasteiger partial charge in [-0.3, -0.25) is 19.5 Å². The molecule has 1 fully saturated rings. The van der Waals surface area contributed by atoms with Gasteiger partial charge in [0.25, 0.3) is 0 Å². The summed E-state index contributed by atoms with van der Waals surface area (Å²) in [7, 11) is 1.85. The van der Waals surface area contributed by atoms with Crippen molar-refractivity contribution in [3.05, 3.63) is 65.5 Å². The molecule has 30 heavy (non-hydrogen) atoms. The van der Waals surface area contributed by atoms with E-state index in [1.54, 1.807) is 17.3 Å². The molecule has 1 atom stereocenters. The number of benzene rings is 1. The van der Waals surface area contributed by atoms with Crippen molar-refractivity contribution < 1.29 is 22.8 Å². The minimum absolute atomic E-state index is 0.0636. The van der Waals surface area contributed by atoms with E-state index in [-0.39, 0.29) is 23.8 Å². The van der Waals surface area contributed by atoms with Crippen LogP contribution in [0.5, 0.6) is 0 Å². The topological polar surface area (TPSA) is 53.5 Å². The standard InChI is InChI=1S/C22H24F3N3O2/c1-27(13-16-4-2-10-26-12-16)15-20(29)28-11-3-5-18(14-28)21(30)17-6-8-19(9-7-17)22(23,24)25/h2,4,6-10,12,18H,3,5,11,13-15H2,1H3. The van der Waals surface area contributed by atoms with Crippen molar-refractivity contribution >= 4 is 11.7 Å². The van der Waals surface area contributed by atoms with Gasteiger partial charge in [0.05, 0.1) is 12.1 Å². The molecule has 8 heteroatoms. The highest BCUT2D eigenvalue weighted by molar-refractivity contribution is 5.98. The third-order valence-electron chi connectivity index (χ3n) is 5.22. The van der Waals surface area contributed by atoms with Crippen molar-refractivity contribution in [2.45, 2.75) is 25.6 Å². The summed E-state index contributed by atoms with van der Waals surface area (Å²) in [6, 6.07) is 8.06. The van der Waals surface area contributed by atoms with Crippen LogP contribution < -0.4 is 0 Å². The molecule has 0 N–H and O–H groups in total. The molecule has 1 aromatic carbocycles. The summed E-state index contributed by atoms with van der Waals surface area (Å²) in [4.78, 5) is 33.1. The second-order valence-electron chi connectivity index (χ2n) is 7.65. The lowest BCUT2D eigenvalue weighted by atomic mass is 9.89. The van der Waals surface area contributed by atoms with Gasteiger partial charge < -0.3 is 4.90 Å². The van der Waals surface area contributed by atoms with E-state index in [1.807, 2.05) is 24.1 Å². The van der Waals surface area contributed by atoms with Crippen LogP contribution in [0, 0.1) is 5.92 Å². The second-order valence-corrected chi connectivity index (χ2v) is 7.65. The number of pyridine rings is 1. The number of rotatable bonds is 6. The van der Waals surface area contributed by atoms with E-state index < -0.39 is 17.7 Å². The Hall–Kier alpha value is -2.74. The largest absolute Gasteiger partial charge is 0.416 e. The van der Waals surface area contributed by atoms with E-state index in [2.05, 4.69) is 4.98 Å². The summed E-state index contributed by atoms with van der Waals surface area (Å²) in [5.41, 5.74) is 0.467. The number of likely N-dealkylation sites (N-methyl/N-ethyl adjacent to an activating group) is 1. The Bertz CT molecular complexity index is 869. The first-order chi connectivity index (χ1) is 14.2. The van der Waals surface area contributed by atoms with Crippen molar-refractivity contribution in [2.75, 3.05) is 26.7 Å². The molecule has 0 spiro atoms. The Morgan fingerprint density at radius 1 is 1.20 bits per heavy atom. The number of alkyl halides is 3. The third-order valence-corrected chi connectivity index (χ3v) is 5.22. The quantitative estimate of drug-likeness (QED) is 0.671. The van der Waals surface area contributed by atoms with Crippen LogP contribution in [0.2, 0.25) is 0 Å². The molecule has 3 rings (SSSR count). The molecule has 1 unspecified atom stereocenters. The SMILES string of the molecule is CN(CC(=O)N1CCCC(C(=O)c2ccc(C(F)(F)F)cc2)C1)Cc1cccnc1. The number of ketones is 1. The van der Waals surface area contributed by atoms with Gasteiger partial charge in [0, 0.05) is 43.5 Å². The van der Waals surface area contributed by atoms with E-state index >= 15 is 0 Å². The van der Waals surface area contributed by atoms with Crippen LogP contribution in [-0.4, -0.2) is 53.2 Å². The predicted molar refractivity (Wildman–Crippen MR) is 106 cm³/mol. The highest BCUT2D eigenvalue weighted by Gasteiger charge is 2.32. The molecule has 160 valence electrons. The zero-order valence-electron chi connectivity index (χ0n) is 16.7. The Morgan fingerprint density at radius 2 is 1.93 bits per heavy atom. The molecule has 0 aliphatic carbocycles. The molecule has 5 nitrogen and oxygen atoms in total. The second kappa shape index (κ2) is 9.38. The van der Waals surface area contributed by atoms with Crippen LogP contribution in [0.3, 0.4) is 0 Å². The third kappa shape index (κ3) is 5.66. The number of Topliss-reactive ketones (excluding diaryl/α,β-unsaturated/α-hetero) is 1. The number of halogens is 3. The number of piperidine rings is 1. The summed E-state index contributed by atoms with van der Waals surface area (Å²) in [6.07, 6.45) is 0.318. The number of nitrogens with zero attached hydrogens (tertiary/aromatic N) is 3. The van der Waals surface area contributed by atoms with Crippen LogP contribution in [0.4, 0.5) is 13.2 Å². The average Bonchev–Trinajstić information content (AvgIpc) is 2.73. The van der Waals surface area contributed by atoms with Gasteiger partial charge in [0.15, 0.2) is 5.78 Å². The maximum absolute atomic E-state index is 12.8. The lowest BCUT2D eigenvalue weighted by Crippen LogP contribution is -2.45. The first kappa shape index (κ1) is 22.0. The molecule has 0 saturated carbocycles. The lowest BCUT2D eigenvalue weighted by Gasteiger charge is -2.33. The minimum Gasteiger partial charge on any atom is -0.341 e. The Balaban J connectivity index is 1.57.